The van der Waals surface area contributed by atoms with Crippen LogP contribution >= 0.6 is 0 Å². The Morgan fingerprint density at radius 2 is 1.62 bits per heavy atom. The lowest BCUT2D eigenvalue weighted by Crippen LogP contribution is -2.08. The zero-order chi connectivity index (χ0) is 16.8. The normalized spacial score (nSPS) is 10.4. The molecule has 0 aliphatic carbocycles. The summed E-state index contributed by atoms with van der Waals surface area (Å²) in [7, 11) is 0. The highest BCUT2D eigenvalue weighted by molar-refractivity contribution is 5.43. The minimum absolute atomic E-state index is 0.236. The number of halogens is 1. The van der Waals surface area contributed by atoms with Gasteiger partial charge in [0.05, 0.1) is 0 Å². The molecule has 24 heavy (non-hydrogen) atoms. The van der Waals surface area contributed by atoms with Gasteiger partial charge in [0.2, 0.25) is 5.95 Å². The van der Waals surface area contributed by atoms with Gasteiger partial charge in [-0.15, -0.1) is 0 Å². The molecule has 3 aromatic rings. The smallest absolute Gasteiger partial charge is 0.225 e. The van der Waals surface area contributed by atoms with Gasteiger partial charge < -0.3 is 10.6 Å². The molecule has 0 saturated carbocycles. The summed E-state index contributed by atoms with van der Waals surface area (Å²) < 4.78 is 13.7. The van der Waals surface area contributed by atoms with Crippen LogP contribution in [0.4, 0.5) is 16.2 Å². The molecule has 3 rings (SSSR count). The number of hydrogen-bond donors (Lipinski definition) is 2. The topological polar surface area (TPSA) is 49.8 Å². The molecule has 0 aliphatic heterocycles. The molecule has 0 aliphatic rings. The molecule has 2 aromatic carbocycles. The largest absolute Gasteiger partial charge is 0.366 e. The molecule has 1 aromatic heterocycles. The average molecular weight is 322 g/mol. The van der Waals surface area contributed by atoms with Gasteiger partial charge in [0.15, 0.2) is 0 Å². The zero-order valence-electron chi connectivity index (χ0n) is 13.5. The van der Waals surface area contributed by atoms with Crippen LogP contribution in [0.3, 0.4) is 0 Å². The maximum absolute atomic E-state index is 13.7. The highest BCUT2D eigenvalue weighted by Crippen LogP contribution is 2.13. The lowest BCUT2D eigenvalue weighted by molar-refractivity contribution is 0.612. The first kappa shape index (κ1) is 15.9. The van der Waals surface area contributed by atoms with Crippen molar-refractivity contribution >= 4 is 11.8 Å². The number of rotatable bonds is 6. The molecule has 122 valence electrons. The van der Waals surface area contributed by atoms with Gasteiger partial charge in [-0.3, -0.25) is 0 Å². The summed E-state index contributed by atoms with van der Waals surface area (Å²) in [5.74, 6) is 0.983. The van der Waals surface area contributed by atoms with Crippen molar-refractivity contribution < 1.29 is 4.39 Å². The van der Waals surface area contributed by atoms with Gasteiger partial charge in [-0.05, 0) is 18.6 Å². The Labute approximate surface area is 140 Å². The Morgan fingerprint density at radius 3 is 2.42 bits per heavy atom. The second-order valence-corrected chi connectivity index (χ2v) is 5.50. The van der Waals surface area contributed by atoms with Gasteiger partial charge in [-0.25, -0.2) is 9.37 Å². The third-order valence-electron chi connectivity index (χ3n) is 3.57. The number of nitrogens with zero attached hydrogens (tertiary/aromatic N) is 2. The SMILES string of the molecule is Cc1cc(NCc2ccccc2)nc(NCc2ccccc2F)n1. The summed E-state index contributed by atoms with van der Waals surface area (Å²) in [6, 6.07) is 18.7. The molecule has 1 heterocycles. The Balaban J connectivity index is 1.66. The van der Waals surface area contributed by atoms with Crippen LogP contribution in [-0.2, 0) is 13.1 Å². The molecule has 0 amide bonds. The van der Waals surface area contributed by atoms with E-state index in [2.05, 4.69) is 32.7 Å². The molecule has 0 saturated heterocycles. The van der Waals surface area contributed by atoms with Crippen molar-refractivity contribution in [2.75, 3.05) is 10.6 Å². The molecule has 0 bridgehead atoms. The highest BCUT2D eigenvalue weighted by Gasteiger charge is 2.05. The van der Waals surface area contributed by atoms with Crippen LogP contribution in [0.5, 0.6) is 0 Å². The minimum atomic E-state index is -0.236. The number of hydrogen-bond acceptors (Lipinski definition) is 4. The van der Waals surface area contributed by atoms with E-state index >= 15 is 0 Å². The quantitative estimate of drug-likeness (QED) is 0.716. The Hall–Kier alpha value is -2.95. The van der Waals surface area contributed by atoms with Crippen LogP contribution in [0.1, 0.15) is 16.8 Å². The lowest BCUT2D eigenvalue weighted by atomic mass is 10.2. The van der Waals surface area contributed by atoms with Gasteiger partial charge >= 0.3 is 0 Å². The number of nitrogens with one attached hydrogen (secondary N) is 2. The second kappa shape index (κ2) is 7.55. The molecule has 0 fully saturated rings. The van der Waals surface area contributed by atoms with Crippen molar-refractivity contribution in [1.29, 1.82) is 0 Å². The van der Waals surface area contributed by atoms with Crippen LogP contribution < -0.4 is 10.6 Å². The molecule has 0 atom stereocenters. The van der Waals surface area contributed by atoms with E-state index in [0.717, 1.165) is 11.5 Å². The van der Waals surface area contributed by atoms with Crippen molar-refractivity contribution in [3.05, 3.63) is 83.3 Å². The Bertz CT molecular complexity index is 805. The minimum Gasteiger partial charge on any atom is -0.366 e. The first-order valence-electron chi connectivity index (χ1n) is 7.81. The maximum Gasteiger partial charge on any atom is 0.225 e. The summed E-state index contributed by atoms with van der Waals surface area (Å²) in [4.78, 5) is 8.79. The first-order chi connectivity index (χ1) is 11.7. The third kappa shape index (κ3) is 4.29. The van der Waals surface area contributed by atoms with Gasteiger partial charge in [-0.2, -0.15) is 4.98 Å². The Morgan fingerprint density at radius 1 is 0.875 bits per heavy atom. The summed E-state index contributed by atoms with van der Waals surface area (Å²) >= 11 is 0. The van der Waals surface area contributed by atoms with Gasteiger partial charge in [0, 0.05) is 30.4 Å². The molecule has 0 spiro atoms. The van der Waals surface area contributed by atoms with Crippen LogP contribution in [0.25, 0.3) is 0 Å². The van der Waals surface area contributed by atoms with Crippen LogP contribution in [0.2, 0.25) is 0 Å². The third-order valence-corrected chi connectivity index (χ3v) is 3.57. The molecule has 4 nitrogen and oxygen atoms in total. The average Bonchev–Trinajstić information content (AvgIpc) is 2.60. The molecule has 0 radical (unpaired) electrons. The van der Waals surface area contributed by atoms with Crippen molar-refractivity contribution in [3.8, 4) is 0 Å². The summed E-state index contributed by atoms with van der Waals surface area (Å²) in [5.41, 5.74) is 2.60. The van der Waals surface area contributed by atoms with E-state index in [4.69, 9.17) is 0 Å². The van der Waals surface area contributed by atoms with Gasteiger partial charge in [-0.1, -0.05) is 48.5 Å². The molecular weight excluding hydrogens is 303 g/mol. The van der Waals surface area contributed by atoms with Crippen molar-refractivity contribution in [3.63, 3.8) is 0 Å². The Kier molecular flexibility index (Phi) is 5.01. The summed E-state index contributed by atoms with van der Waals surface area (Å²) in [6.45, 7) is 2.93. The monoisotopic (exact) mass is 322 g/mol. The standard InChI is InChI=1S/C19H19FN4/c1-14-11-18(21-12-15-7-3-2-4-8-15)24-19(23-14)22-13-16-9-5-6-10-17(16)20/h2-11H,12-13H2,1H3,(H2,21,22,23,24). The van der Waals surface area contributed by atoms with Gasteiger partial charge in [0.1, 0.15) is 11.6 Å². The van der Waals surface area contributed by atoms with E-state index in [1.54, 1.807) is 12.1 Å². The molecular formula is C19H19FN4. The number of anilines is 2. The number of aryl methyl sites for hydroxylation is 1. The van der Waals surface area contributed by atoms with E-state index in [0.29, 0.717) is 24.6 Å². The first-order valence-corrected chi connectivity index (χ1v) is 7.81. The van der Waals surface area contributed by atoms with Crippen LogP contribution in [-0.4, -0.2) is 9.97 Å². The fourth-order valence-corrected chi connectivity index (χ4v) is 2.34. The second-order valence-electron chi connectivity index (χ2n) is 5.50. The molecule has 0 unspecified atom stereocenters. The fraction of sp³-hybridized carbons (Fsp3) is 0.158. The zero-order valence-corrected chi connectivity index (χ0v) is 13.5. The van der Waals surface area contributed by atoms with Crippen molar-refractivity contribution in [1.82, 2.24) is 9.97 Å². The predicted octanol–water partition coefficient (Wildman–Crippen LogP) is 4.15. The van der Waals surface area contributed by atoms with Crippen LogP contribution in [0.15, 0.2) is 60.7 Å². The number of benzene rings is 2. The van der Waals surface area contributed by atoms with Gasteiger partial charge in [0.25, 0.3) is 0 Å². The highest BCUT2D eigenvalue weighted by atomic mass is 19.1. The fourth-order valence-electron chi connectivity index (χ4n) is 2.34. The van der Waals surface area contributed by atoms with Crippen molar-refractivity contribution in [2.24, 2.45) is 0 Å². The summed E-state index contributed by atoms with van der Waals surface area (Å²) in [5, 5.41) is 6.37. The van der Waals surface area contributed by atoms with Crippen molar-refractivity contribution in [2.45, 2.75) is 20.0 Å². The molecule has 2 N–H and O–H groups in total. The van der Waals surface area contributed by atoms with E-state index in [9.17, 15) is 4.39 Å². The van der Waals surface area contributed by atoms with E-state index in [1.165, 1.54) is 11.6 Å². The van der Waals surface area contributed by atoms with E-state index < -0.39 is 0 Å². The number of aromatic nitrogens is 2. The maximum atomic E-state index is 13.7. The molecule has 5 heteroatoms. The van der Waals surface area contributed by atoms with Crippen LogP contribution in [0, 0.1) is 12.7 Å². The van der Waals surface area contributed by atoms with E-state index in [-0.39, 0.29) is 5.82 Å². The van der Waals surface area contributed by atoms with E-state index in [1.807, 2.05) is 37.3 Å². The predicted molar refractivity (Wildman–Crippen MR) is 94.3 cm³/mol. The lowest BCUT2D eigenvalue weighted by Gasteiger charge is -2.10. The summed E-state index contributed by atoms with van der Waals surface area (Å²) in [6.07, 6.45) is 0.